The Morgan fingerprint density at radius 2 is 2.10 bits per heavy atom. The number of hydrogen-bond acceptors (Lipinski definition) is 2. The lowest BCUT2D eigenvalue weighted by molar-refractivity contribution is 0.0962. The molecule has 1 aromatic rings. The van der Waals surface area contributed by atoms with Crippen LogP contribution < -0.4 is 10.1 Å². The molecular formula is C17H26FNO. The molecule has 112 valence electrons. The Kier molecular flexibility index (Phi) is 5.41. The number of rotatable bonds is 5. The lowest BCUT2D eigenvalue weighted by Crippen LogP contribution is -2.29. The molecular weight excluding hydrogens is 253 g/mol. The minimum absolute atomic E-state index is 0.101. The summed E-state index contributed by atoms with van der Waals surface area (Å²) in [6, 6.07) is 5.31. The first kappa shape index (κ1) is 15.3. The van der Waals surface area contributed by atoms with Crippen molar-refractivity contribution in [1.29, 1.82) is 0 Å². The van der Waals surface area contributed by atoms with Crippen molar-refractivity contribution in [2.24, 2.45) is 5.92 Å². The lowest BCUT2D eigenvalue weighted by Gasteiger charge is -2.31. The van der Waals surface area contributed by atoms with Gasteiger partial charge in [-0.25, -0.2) is 4.39 Å². The molecule has 20 heavy (non-hydrogen) atoms. The van der Waals surface area contributed by atoms with E-state index >= 15 is 0 Å². The van der Waals surface area contributed by atoms with Crippen LogP contribution >= 0.6 is 0 Å². The van der Waals surface area contributed by atoms with Gasteiger partial charge in [0.05, 0.1) is 0 Å². The second kappa shape index (κ2) is 7.07. The van der Waals surface area contributed by atoms with Crippen molar-refractivity contribution in [3.8, 4) is 5.75 Å². The third kappa shape index (κ3) is 3.51. The normalized spacial score (nSPS) is 24.4. The smallest absolute Gasteiger partial charge is 0.165 e. The van der Waals surface area contributed by atoms with E-state index in [9.17, 15) is 4.39 Å². The summed E-state index contributed by atoms with van der Waals surface area (Å²) in [7, 11) is 0. The Labute approximate surface area is 121 Å². The molecule has 0 aliphatic heterocycles. The third-order valence-electron chi connectivity index (χ3n) is 4.28. The van der Waals surface area contributed by atoms with Crippen LogP contribution in [0, 0.1) is 11.7 Å². The van der Waals surface area contributed by atoms with Gasteiger partial charge in [-0.15, -0.1) is 0 Å². The first-order valence-electron chi connectivity index (χ1n) is 7.82. The molecule has 0 bridgehead atoms. The van der Waals surface area contributed by atoms with E-state index in [0.717, 1.165) is 18.5 Å². The van der Waals surface area contributed by atoms with E-state index in [1.807, 2.05) is 6.07 Å². The van der Waals surface area contributed by atoms with Crippen LogP contribution in [0.4, 0.5) is 4.39 Å². The van der Waals surface area contributed by atoms with Gasteiger partial charge in [-0.1, -0.05) is 32.4 Å². The quantitative estimate of drug-likeness (QED) is 0.859. The van der Waals surface area contributed by atoms with Gasteiger partial charge < -0.3 is 10.1 Å². The van der Waals surface area contributed by atoms with Crippen molar-refractivity contribution < 1.29 is 9.13 Å². The zero-order valence-electron chi connectivity index (χ0n) is 12.8. The predicted octanol–water partition coefficient (Wildman–Crippen LogP) is 4.45. The summed E-state index contributed by atoms with van der Waals surface area (Å²) in [6.07, 6.45) is 4.80. The van der Waals surface area contributed by atoms with Gasteiger partial charge in [0.1, 0.15) is 6.10 Å². The van der Waals surface area contributed by atoms with E-state index in [0.29, 0.717) is 11.7 Å². The summed E-state index contributed by atoms with van der Waals surface area (Å²) < 4.78 is 20.3. The zero-order valence-corrected chi connectivity index (χ0v) is 12.8. The molecule has 3 heteroatoms. The maximum atomic E-state index is 14.2. The number of para-hydroxylation sites is 1. The van der Waals surface area contributed by atoms with Gasteiger partial charge in [-0.2, -0.15) is 0 Å². The van der Waals surface area contributed by atoms with Crippen LogP contribution in [0.2, 0.25) is 0 Å². The van der Waals surface area contributed by atoms with Crippen molar-refractivity contribution in [2.75, 3.05) is 6.54 Å². The van der Waals surface area contributed by atoms with Crippen molar-refractivity contribution in [3.05, 3.63) is 29.6 Å². The van der Waals surface area contributed by atoms with Crippen LogP contribution in [0.1, 0.15) is 58.1 Å². The summed E-state index contributed by atoms with van der Waals surface area (Å²) in [5.74, 6) is 0.704. The van der Waals surface area contributed by atoms with Gasteiger partial charge in [-0.3, -0.25) is 0 Å². The van der Waals surface area contributed by atoms with E-state index in [4.69, 9.17) is 4.74 Å². The highest BCUT2D eigenvalue weighted by Crippen LogP contribution is 2.33. The number of ether oxygens (including phenoxy) is 1. The molecule has 1 aromatic carbocycles. The summed E-state index contributed by atoms with van der Waals surface area (Å²) in [4.78, 5) is 0. The maximum absolute atomic E-state index is 14.2. The van der Waals surface area contributed by atoms with Gasteiger partial charge in [0, 0.05) is 11.6 Å². The number of benzene rings is 1. The molecule has 2 nitrogen and oxygen atoms in total. The topological polar surface area (TPSA) is 21.3 Å². The Morgan fingerprint density at radius 1 is 1.35 bits per heavy atom. The van der Waals surface area contributed by atoms with Gasteiger partial charge >= 0.3 is 0 Å². The molecule has 1 saturated carbocycles. The Balaban J connectivity index is 2.20. The van der Waals surface area contributed by atoms with E-state index in [1.54, 1.807) is 6.07 Å². The molecule has 1 N–H and O–H groups in total. The van der Waals surface area contributed by atoms with Gasteiger partial charge in [0.2, 0.25) is 0 Å². The SMILES string of the molecule is CCNC(C)c1cccc(F)c1OC1CCCCC1C. The molecule has 2 rings (SSSR count). The summed E-state index contributed by atoms with van der Waals surface area (Å²) >= 11 is 0. The van der Waals surface area contributed by atoms with Crippen LogP contribution in [-0.4, -0.2) is 12.6 Å². The van der Waals surface area contributed by atoms with Crippen LogP contribution in [-0.2, 0) is 0 Å². The van der Waals surface area contributed by atoms with Crippen molar-refractivity contribution in [2.45, 2.75) is 58.6 Å². The fourth-order valence-corrected chi connectivity index (χ4v) is 3.02. The highest BCUT2D eigenvalue weighted by molar-refractivity contribution is 5.37. The van der Waals surface area contributed by atoms with Crippen LogP contribution in [0.25, 0.3) is 0 Å². The van der Waals surface area contributed by atoms with Gasteiger partial charge in [-0.05, 0) is 44.7 Å². The molecule has 3 unspecified atom stereocenters. The Hall–Kier alpha value is -1.09. The summed E-state index contributed by atoms with van der Waals surface area (Å²) in [5.41, 5.74) is 0.921. The molecule has 0 aromatic heterocycles. The maximum Gasteiger partial charge on any atom is 0.165 e. The molecule has 0 heterocycles. The largest absolute Gasteiger partial charge is 0.487 e. The predicted molar refractivity (Wildman–Crippen MR) is 80.5 cm³/mol. The fraction of sp³-hybridized carbons (Fsp3) is 0.647. The number of halogens is 1. The second-order valence-corrected chi connectivity index (χ2v) is 5.86. The first-order valence-corrected chi connectivity index (χ1v) is 7.82. The molecule has 3 atom stereocenters. The minimum Gasteiger partial charge on any atom is -0.487 e. The molecule has 1 aliphatic carbocycles. The molecule has 1 aliphatic rings. The molecule has 0 saturated heterocycles. The van der Waals surface area contributed by atoms with E-state index in [2.05, 4.69) is 26.1 Å². The van der Waals surface area contributed by atoms with E-state index in [1.165, 1.54) is 25.3 Å². The van der Waals surface area contributed by atoms with Crippen molar-refractivity contribution in [3.63, 3.8) is 0 Å². The monoisotopic (exact) mass is 279 g/mol. The van der Waals surface area contributed by atoms with Gasteiger partial charge in [0.25, 0.3) is 0 Å². The van der Waals surface area contributed by atoms with Crippen molar-refractivity contribution >= 4 is 0 Å². The Morgan fingerprint density at radius 3 is 2.80 bits per heavy atom. The van der Waals surface area contributed by atoms with Crippen molar-refractivity contribution in [1.82, 2.24) is 5.32 Å². The number of hydrogen-bond donors (Lipinski definition) is 1. The average molecular weight is 279 g/mol. The zero-order chi connectivity index (χ0) is 14.5. The van der Waals surface area contributed by atoms with E-state index in [-0.39, 0.29) is 18.0 Å². The van der Waals surface area contributed by atoms with Crippen LogP contribution in [0.5, 0.6) is 5.75 Å². The van der Waals surface area contributed by atoms with Gasteiger partial charge in [0.15, 0.2) is 11.6 Å². The highest BCUT2D eigenvalue weighted by Gasteiger charge is 2.25. The first-order chi connectivity index (χ1) is 9.63. The van der Waals surface area contributed by atoms with Crippen LogP contribution in [0.15, 0.2) is 18.2 Å². The fourth-order valence-electron chi connectivity index (χ4n) is 3.02. The molecule has 0 radical (unpaired) electrons. The minimum atomic E-state index is -0.245. The summed E-state index contributed by atoms with van der Waals surface area (Å²) in [6.45, 7) is 7.17. The molecule has 1 fully saturated rings. The Bertz CT molecular complexity index is 435. The lowest BCUT2D eigenvalue weighted by atomic mass is 9.88. The second-order valence-electron chi connectivity index (χ2n) is 5.86. The van der Waals surface area contributed by atoms with E-state index < -0.39 is 0 Å². The number of nitrogens with one attached hydrogen (secondary N) is 1. The highest BCUT2D eigenvalue weighted by atomic mass is 19.1. The average Bonchev–Trinajstić information content (AvgIpc) is 2.43. The third-order valence-corrected chi connectivity index (χ3v) is 4.28. The standard InChI is InChI=1S/C17H26FNO/c1-4-19-13(3)14-9-7-10-15(18)17(14)20-16-11-6-5-8-12(16)2/h7,9-10,12-13,16,19H,4-6,8,11H2,1-3H3. The summed E-state index contributed by atoms with van der Waals surface area (Å²) in [5, 5.41) is 3.33. The molecule has 0 spiro atoms. The van der Waals surface area contributed by atoms with Crippen LogP contribution in [0.3, 0.4) is 0 Å². The molecule has 0 amide bonds.